The summed E-state index contributed by atoms with van der Waals surface area (Å²) in [5.41, 5.74) is -0.0585. The van der Waals surface area contributed by atoms with Crippen molar-refractivity contribution in [3.63, 3.8) is 0 Å². The molecule has 0 bridgehead atoms. The van der Waals surface area contributed by atoms with Crippen molar-refractivity contribution in [2.24, 2.45) is 0 Å². The van der Waals surface area contributed by atoms with Crippen LogP contribution in [0.5, 0.6) is 0 Å². The Bertz CT molecular complexity index is 959. The first-order valence-electron chi connectivity index (χ1n) is 11.4. The molecule has 0 aliphatic carbocycles. The molecule has 194 valence electrons. The van der Waals surface area contributed by atoms with Crippen LogP contribution in [0.15, 0.2) is 18.2 Å². The summed E-state index contributed by atoms with van der Waals surface area (Å²) < 4.78 is 50.4. The van der Waals surface area contributed by atoms with E-state index in [4.69, 9.17) is 9.47 Å². The predicted octanol–water partition coefficient (Wildman–Crippen LogP) is 3.37. The summed E-state index contributed by atoms with van der Waals surface area (Å²) in [5, 5.41) is 2.00. The third-order valence-electron chi connectivity index (χ3n) is 5.68. The molecule has 1 N–H and O–H groups in total. The van der Waals surface area contributed by atoms with Gasteiger partial charge in [-0.1, -0.05) is 0 Å². The zero-order valence-electron chi connectivity index (χ0n) is 20.4. The number of hydrogen-bond donors (Lipinski definition) is 1. The number of halogens is 3. The summed E-state index contributed by atoms with van der Waals surface area (Å²) in [4.78, 5) is 40.5. The molecule has 0 spiro atoms. The number of carbonyl (C=O) groups is 3. The number of ether oxygens (including phenoxy) is 2. The zero-order valence-corrected chi connectivity index (χ0v) is 20.4. The van der Waals surface area contributed by atoms with E-state index in [1.807, 2.05) is 24.1 Å². The summed E-state index contributed by atoms with van der Waals surface area (Å²) in [6.07, 6.45) is -5.18. The van der Waals surface area contributed by atoms with Crippen molar-refractivity contribution in [1.82, 2.24) is 10.2 Å². The lowest BCUT2D eigenvalue weighted by atomic mass is 10.1. The fourth-order valence-corrected chi connectivity index (χ4v) is 4.24. The molecule has 0 radical (unpaired) electrons. The van der Waals surface area contributed by atoms with Crippen molar-refractivity contribution in [3.8, 4) is 0 Å². The molecule has 9 nitrogen and oxygen atoms in total. The Labute approximate surface area is 202 Å². The topological polar surface area (TPSA) is 91.4 Å². The maximum atomic E-state index is 15.1. The monoisotopic (exact) mass is 500 g/mol. The van der Waals surface area contributed by atoms with Gasteiger partial charge in [-0.2, -0.15) is 8.78 Å². The second kappa shape index (κ2) is 10.2. The predicted molar refractivity (Wildman–Crippen MR) is 122 cm³/mol. The van der Waals surface area contributed by atoms with Crippen molar-refractivity contribution < 1.29 is 37.0 Å². The summed E-state index contributed by atoms with van der Waals surface area (Å²) in [6.45, 7) is 9.60. The number of cyclic esters (lactones) is 1. The lowest BCUT2D eigenvalue weighted by molar-refractivity contribution is -0.132. The van der Waals surface area contributed by atoms with E-state index >= 15 is 4.39 Å². The zero-order chi connectivity index (χ0) is 26.1. The molecular formula is C23H31F3N4O5. The van der Waals surface area contributed by atoms with Gasteiger partial charge in [0.05, 0.1) is 36.5 Å². The average molecular weight is 501 g/mol. The quantitative estimate of drug-likeness (QED) is 0.667. The van der Waals surface area contributed by atoms with Crippen LogP contribution in [0.2, 0.25) is 0 Å². The van der Waals surface area contributed by atoms with Gasteiger partial charge in [0.2, 0.25) is 0 Å². The summed E-state index contributed by atoms with van der Waals surface area (Å²) >= 11 is 0. The molecule has 0 aromatic heterocycles. The largest absolute Gasteiger partial charge is 0.444 e. The Morgan fingerprint density at radius 2 is 1.80 bits per heavy atom. The number of carbonyl (C=O) groups excluding carboxylic acids is 3. The molecule has 2 heterocycles. The Morgan fingerprint density at radius 3 is 2.34 bits per heavy atom. The van der Waals surface area contributed by atoms with Gasteiger partial charge in [-0.25, -0.2) is 14.0 Å². The van der Waals surface area contributed by atoms with Crippen molar-refractivity contribution in [2.75, 3.05) is 36.0 Å². The highest BCUT2D eigenvalue weighted by Gasteiger charge is 2.37. The van der Waals surface area contributed by atoms with Crippen LogP contribution in [-0.4, -0.2) is 79.4 Å². The number of piperazine rings is 1. The third-order valence-corrected chi connectivity index (χ3v) is 5.68. The Hall–Kier alpha value is -3.18. The highest BCUT2D eigenvalue weighted by atomic mass is 19.3. The van der Waals surface area contributed by atoms with E-state index in [2.05, 4.69) is 0 Å². The van der Waals surface area contributed by atoms with E-state index in [0.29, 0.717) is 18.8 Å². The van der Waals surface area contributed by atoms with Crippen molar-refractivity contribution in [2.45, 2.75) is 64.8 Å². The highest BCUT2D eigenvalue weighted by molar-refractivity contribution is 5.90. The van der Waals surface area contributed by atoms with Crippen LogP contribution < -0.4 is 15.1 Å². The molecule has 1 aromatic rings. The van der Waals surface area contributed by atoms with Crippen LogP contribution in [0.3, 0.4) is 0 Å². The molecule has 35 heavy (non-hydrogen) atoms. The summed E-state index contributed by atoms with van der Waals surface area (Å²) in [6, 6.07) is 3.85. The van der Waals surface area contributed by atoms with Gasteiger partial charge in [0.1, 0.15) is 17.5 Å². The minimum Gasteiger partial charge on any atom is -0.444 e. The molecule has 1 aromatic carbocycles. The molecule has 3 rings (SSSR count). The van der Waals surface area contributed by atoms with Gasteiger partial charge in [0, 0.05) is 13.1 Å². The molecule has 3 amide bonds. The van der Waals surface area contributed by atoms with Crippen LogP contribution in [0, 0.1) is 5.82 Å². The second-order valence-corrected chi connectivity index (χ2v) is 9.79. The Kier molecular flexibility index (Phi) is 7.71. The van der Waals surface area contributed by atoms with Gasteiger partial charge in [-0.05, 0) is 52.8 Å². The van der Waals surface area contributed by atoms with Crippen molar-refractivity contribution >= 4 is 29.5 Å². The number of nitrogens with one attached hydrogen (secondary N) is 1. The summed E-state index contributed by atoms with van der Waals surface area (Å²) in [5.74, 6) is -2.01. The molecule has 2 aliphatic heterocycles. The average Bonchev–Trinajstić information content (AvgIpc) is 3.10. The molecule has 2 fully saturated rings. The minimum atomic E-state index is -3.17. The van der Waals surface area contributed by atoms with Crippen LogP contribution in [0.25, 0.3) is 0 Å². The van der Waals surface area contributed by atoms with Gasteiger partial charge >= 0.3 is 18.6 Å². The number of rotatable bonds is 5. The van der Waals surface area contributed by atoms with Crippen LogP contribution >= 0.6 is 0 Å². The first-order chi connectivity index (χ1) is 16.3. The van der Waals surface area contributed by atoms with Gasteiger partial charge in [-0.15, -0.1) is 0 Å². The van der Waals surface area contributed by atoms with Crippen LogP contribution in [0.1, 0.15) is 34.6 Å². The Morgan fingerprint density at radius 1 is 1.17 bits per heavy atom. The second-order valence-electron chi connectivity index (χ2n) is 9.79. The number of nitrogens with zero attached hydrogens (tertiary/aromatic N) is 3. The standard InChI is InChI=1S/C23H31F3N4O5/c1-13-10-28(11-14(2)30(13)22(33)35-23(3,4)5)18-7-6-15(8-17(18)24)29-12-16(34-21(29)32)9-27-20(31)19(25)26/h6-8,13-14,16,19H,9-12H2,1-5H3,(H,27,31). The SMILES string of the molecule is CC1CN(c2ccc(N3CC(CNC(=O)C(F)F)OC3=O)cc2F)CC(C)N1C(=O)OC(C)(C)C. The van der Waals surface area contributed by atoms with Crippen molar-refractivity contribution in [3.05, 3.63) is 24.0 Å². The normalized spacial score (nSPS) is 22.9. The molecule has 2 aliphatic rings. The van der Waals surface area contributed by atoms with Crippen LogP contribution in [-0.2, 0) is 14.3 Å². The first-order valence-corrected chi connectivity index (χ1v) is 11.4. The smallest absolute Gasteiger partial charge is 0.414 e. The minimum absolute atomic E-state index is 0.0240. The molecule has 0 saturated carbocycles. The van der Waals surface area contributed by atoms with E-state index in [0.717, 1.165) is 0 Å². The molecule has 12 heteroatoms. The third kappa shape index (κ3) is 6.29. The van der Waals surface area contributed by atoms with Gasteiger partial charge in [-0.3, -0.25) is 14.6 Å². The maximum absolute atomic E-state index is 15.1. The molecular weight excluding hydrogens is 469 g/mol. The van der Waals surface area contributed by atoms with Gasteiger partial charge in [0.15, 0.2) is 0 Å². The van der Waals surface area contributed by atoms with Gasteiger partial charge < -0.3 is 19.7 Å². The van der Waals surface area contributed by atoms with Crippen LogP contribution in [0.4, 0.5) is 34.1 Å². The number of hydrogen-bond acceptors (Lipinski definition) is 6. The number of benzene rings is 1. The van der Waals surface area contributed by atoms with E-state index in [9.17, 15) is 23.2 Å². The Balaban J connectivity index is 1.66. The fraction of sp³-hybridized carbons (Fsp3) is 0.609. The first kappa shape index (κ1) is 26.4. The van der Waals surface area contributed by atoms with E-state index in [-0.39, 0.29) is 30.9 Å². The number of amides is 3. The number of alkyl halides is 2. The van der Waals surface area contributed by atoms with E-state index in [1.165, 1.54) is 11.0 Å². The van der Waals surface area contributed by atoms with Crippen molar-refractivity contribution in [1.29, 1.82) is 0 Å². The fourth-order valence-electron chi connectivity index (χ4n) is 4.24. The van der Waals surface area contributed by atoms with E-state index < -0.39 is 42.0 Å². The lowest BCUT2D eigenvalue weighted by Gasteiger charge is -2.45. The van der Waals surface area contributed by atoms with Gasteiger partial charge in [0.25, 0.3) is 5.91 Å². The van der Waals surface area contributed by atoms with E-state index in [1.54, 1.807) is 37.8 Å². The maximum Gasteiger partial charge on any atom is 0.414 e. The molecule has 3 atom stereocenters. The molecule has 3 unspecified atom stereocenters. The summed E-state index contributed by atoms with van der Waals surface area (Å²) in [7, 11) is 0. The number of anilines is 2. The molecule has 2 saturated heterocycles. The highest BCUT2D eigenvalue weighted by Crippen LogP contribution is 2.30. The lowest BCUT2D eigenvalue weighted by Crippen LogP contribution is -2.59.